The van der Waals surface area contributed by atoms with E-state index in [0.717, 1.165) is 123 Å². The van der Waals surface area contributed by atoms with Crippen molar-refractivity contribution in [3.8, 4) is 0 Å². The van der Waals surface area contributed by atoms with Gasteiger partial charge in [0.2, 0.25) is 5.95 Å². The fourth-order valence-corrected chi connectivity index (χ4v) is 11.2. The summed E-state index contributed by atoms with van der Waals surface area (Å²) in [5.41, 5.74) is 12.0. The summed E-state index contributed by atoms with van der Waals surface area (Å²) in [7, 11) is 4.15. The number of nitrogens with one attached hydrogen (secondary N) is 1. The van der Waals surface area contributed by atoms with Gasteiger partial charge in [-0.15, -0.1) is 0 Å². The van der Waals surface area contributed by atoms with Crippen molar-refractivity contribution in [3.63, 3.8) is 0 Å². The third-order valence-corrected chi connectivity index (χ3v) is 15.4. The van der Waals surface area contributed by atoms with E-state index in [4.69, 9.17) is 21.6 Å². The molecule has 1 atom stereocenters. The van der Waals surface area contributed by atoms with Crippen LogP contribution in [0.4, 0.5) is 16.2 Å². The number of hydrogen-bond acceptors (Lipinski definition) is 8. The van der Waals surface area contributed by atoms with E-state index >= 15 is 4.39 Å². The Hall–Kier alpha value is -5.02. The van der Waals surface area contributed by atoms with E-state index in [0.29, 0.717) is 34.0 Å². The second-order valence-corrected chi connectivity index (χ2v) is 21.3. The summed E-state index contributed by atoms with van der Waals surface area (Å²) < 4.78 is 17.1. The van der Waals surface area contributed by atoms with Crippen LogP contribution >= 0.6 is 11.6 Å². The average molecular weight is 944 g/mol. The van der Waals surface area contributed by atoms with Gasteiger partial charge < -0.3 is 29.8 Å². The van der Waals surface area contributed by atoms with E-state index in [2.05, 4.69) is 109 Å². The van der Waals surface area contributed by atoms with Crippen molar-refractivity contribution in [1.82, 2.24) is 30.0 Å². The molecule has 2 fully saturated rings. The van der Waals surface area contributed by atoms with Crippen LogP contribution in [0.2, 0.25) is 5.02 Å². The topological polar surface area (TPSA) is 54.0 Å². The van der Waals surface area contributed by atoms with Gasteiger partial charge in [0.25, 0.3) is 0 Å². The van der Waals surface area contributed by atoms with E-state index in [-0.39, 0.29) is 17.3 Å². The normalized spacial score (nSPS) is 18.1. The zero-order chi connectivity index (χ0) is 48.7. The Morgan fingerprint density at radius 3 is 2.25 bits per heavy atom. The summed E-state index contributed by atoms with van der Waals surface area (Å²) in [5.74, 6) is 0.857. The van der Waals surface area contributed by atoms with Crippen molar-refractivity contribution >= 4 is 45.5 Å². The number of allylic oxidation sites excluding steroid dienone is 6. The molecule has 0 saturated carbocycles. The quantitative estimate of drug-likeness (QED) is 0.100. The minimum absolute atomic E-state index is 0.272. The first-order chi connectivity index (χ1) is 32.5. The summed E-state index contributed by atoms with van der Waals surface area (Å²) in [4.78, 5) is 21.4. The molecule has 68 heavy (non-hydrogen) atoms. The smallest absolute Gasteiger partial charge is 0.227 e. The van der Waals surface area contributed by atoms with Gasteiger partial charge in [-0.3, -0.25) is 0 Å². The first-order valence-corrected chi connectivity index (χ1v) is 26.0. The number of piperazine rings is 1. The van der Waals surface area contributed by atoms with Gasteiger partial charge in [-0.05, 0) is 86.1 Å². The molecular weight excluding hydrogens is 863 g/mol. The Bertz CT molecular complexity index is 2440. The third kappa shape index (κ3) is 11.9. The van der Waals surface area contributed by atoms with Crippen LogP contribution in [0.25, 0.3) is 22.2 Å². The molecule has 2 saturated heterocycles. The van der Waals surface area contributed by atoms with Gasteiger partial charge >= 0.3 is 0 Å². The number of unbranched alkanes of at least 4 members (excludes halogenated alkanes) is 9. The number of aryl methyl sites for hydroxylation is 1. The zero-order valence-corrected chi connectivity index (χ0v) is 43.3. The molecule has 0 spiro atoms. The van der Waals surface area contributed by atoms with E-state index < -0.39 is 0 Å². The molecule has 4 heterocycles. The van der Waals surface area contributed by atoms with Crippen LogP contribution < -0.4 is 15.1 Å². The second-order valence-electron chi connectivity index (χ2n) is 20.9. The molecule has 4 aliphatic rings. The highest BCUT2D eigenvalue weighted by Gasteiger charge is 2.34. The van der Waals surface area contributed by atoms with Crippen molar-refractivity contribution in [2.45, 2.75) is 137 Å². The van der Waals surface area contributed by atoms with E-state index in [1.54, 1.807) is 0 Å². The summed E-state index contributed by atoms with van der Waals surface area (Å²) in [6, 6.07) is 9.19. The molecule has 10 heteroatoms. The molecule has 0 amide bonds. The zero-order valence-electron chi connectivity index (χ0n) is 42.5. The molecule has 7 rings (SSSR count). The van der Waals surface area contributed by atoms with Gasteiger partial charge in [0.1, 0.15) is 11.3 Å². The lowest BCUT2D eigenvalue weighted by molar-refractivity contribution is 0.297. The van der Waals surface area contributed by atoms with Gasteiger partial charge in [0.05, 0.1) is 11.1 Å². The fraction of sp³-hybridized carbons (Fsp3) is 0.517. The number of halogens is 2. The first-order valence-electron chi connectivity index (χ1n) is 25.6. The summed E-state index contributed by atoms with van der Waals surface area (Å²) in [5, 5.41) is 4.42. The molecule has 1 N–H and O–H groups in total. The standard InChI is InChI=1S/C58H80ClFN8/c1-40(2)66-33-35-67(36-34-66)56-49-38-50(59)52(53-41(3)23-22-30-58(53,8)9)54(60)55(49)62-57(63-56)65(11)32-29-43(5)64(10)31-21-19-17-15-13-12-14-16-18-20-24-46-26-27-48-45(7)68(39-47(48)37-46)51-28-25-42(4)61-44(51)6/h22-23,26-27,37-38,51,61H,1,4-7,12-21,24-25,28-36,39H2,2-3,8-11H3. The van der Waals surface area contributed by atoms with Gasteiger partial charge in [0, 0.05) is 111 Å². The molecule has 1 aliphatic carbocycles. The number of aromatic nitrogens is 2. The Morgan fingerprint density at radius 1 is 0.912 bits per heavy atom. The van der Waals surface area contributed by atoms with E-state index in [1.807, 2.05) is 31.9 Å². The molecule has 8 nitrogen and oxygen atoms in total. The largest absolute Gasteiger partial charge is 0.378 e. The molecule has 3 aliphatic heterocycles. The number of anilines is 2. The van der Waals surface area contributed by atoms with Crippen molar-refractivity contribution in [2.75, 3.05) is 63.2 Å². The SMILES string of the molecule is C=C1CCC(N2Cc3cc(CCCCCCCCCCCCN(C)C(=C)CCN(C)c4nc(N5CCN(C(=C)C)CC5)c5cc(Cl)c(C6=C(C)C=CCC6(C)C)c(F)c5n4)ccc3C2=C)C(=C)N1. The maximum atomic E-state index is 17.1. The molecule has 1 unspecified atom stereocenters. The maximum absolute atomic E-state index is 17.1. The number of rotatable bonds is 22. The van der Waals surface area contributed by atoms with Crippen molar-refractivity contribution in [1.29, 1.82) is 0 Å². The summed E-state index contributed by atoms with van der Waals surface area (Å²) in [6.45, 7) is 35.5. The van der Waals surface area contributed by atoms with Crippen molar-refractivity contribution in [2.24, 2.45) is 5.41 Å². The van der Waals surface area contributed by atoms with Crippen molar-refractivity contribution in [3.05, 3.63) is 131 Å². The average Bonchev–Trinajstić information content (AvgIpc) is 3.63. The Balaban J connectivity index is 0.822. The Morgan fingerprint density at radius 2 is 1.59 bits per heavy atom. The first kappa shape index (κ1) is 50.8. The van der Waals surface area contributed by atoms with Gasteiger partial charge in [0.15, 0.2) is 5.82 Å². The Labute approximate surface area is 414 Å². The van der Waals surface area contributed by atoms with Crippen LogP contribution in [-0.4, -0.2) is 84.1 Å². The minimum Gasteiger partial charge on any atom is -0.378 e. The minimum atomic E-state index is -0.376. The number of hydrogen-bond donors (Lipinski definition) is 1. The van der Waals surface area contributed by atoms with Crippen LogP contribution in [-0.2, 0) is 13.0 Å². The fourth-order valence-electron chi connectivity index (χ4n) is 10.9. The lowest BCUT2D eigenvalue weighted by Crippen LogP contribution is -2.45. The monoisotopic (exact) mass is 943 g/mol. The predicted molar refractivity (Wildman–Crippen MR) is 288 cm³/mol. The molecule has 0 bridgehead atoms. The van der Waals surface area contributed by atoms with Crippen LogP contribution in [0.15, 0.2) is 97.7 Å². The molecule has 0 radical (unpaired) electrons. The molecule has 2 aromatic carbocycles. The van der Waals surface area contributed by atoms with Gasteiger partial charge in [-0.25, -0.2) is 9.37 Å². The predicted octanol–water partition coefficient (Wildman–Crippen LogP) is 13.8. The van der Waals surface area contributed by atoms with Gasteiger partial charge in [-0.1, -0.05) is 140 Å². The molecule has 366 valence electrons. The lowest BCUT2D eigenvalue weighted by Gasteiger charge is -2.37. The third-order valence-electron chi connectivity index (χ3n) is 15.1. The molecular formula is C58H80ClFN8. The highest BCUT2D eigenvalue weighted by molar-refractivity contribution is 6.33. The van der Waals surface area contributed by atoms with Crippen LogP contribution in [0.5, 0.6) is 0 Å². The van der Waals surface area contributed by atoms with Crippen LogP contribution in [0.3, 0.4) is 0 Å². The van der Waals surface area contributed by atoms with Crippen molar-refractivity contribution < 1.29 is 4.39 Å². The Kier molecular flexibility index (Phi) is 16.9. The van der Waals surface area contributed by atoms with Crippen LogP contribution in [0, 0.1) is 11.2 Å². The molecule has 3 aromatic rings. The number of nitrogens with zero attached hydrogens (tertiary/aromatic N) is 7. The second kappa shape index (κ2) is 22.6. The summed E-state index contributed by atoms with van der Waals surface area (Å²) >= 11 is 7.05. The maximum Gasteiger partial charge on any atom is 0.227 e. The molecule has 1 aromatic heterocycles. The number of piperidine rings is 1. The lowest BCUT2D eigenvalue weighted by atomic mass is 9.72. The highest BCUT2D eigenvalue weighted by Crippen LogP contribution is 2.48. The van der Waals surface area contributed by atoms with E-state index in [9.17, 15) is 0 Å². The number of fused-ring (bicyclic) bond motifs is 2. The highest BCUT2D eigenvalue weighted by atomic mass is 35.5. The van der Waals surface area contributed by atoms with Crippen LogP contribution in [0.1, 0.15) is 140 Å². The van der Waals surface area contributed by atoms with E-state index in [1.165, 1.54) is 74.5 Å². The number of benzene rings is 2. The summed E-state index contributed by atoms with van der Waals surface area (Å²) in [6.07, 6.45) is 21.8. The van der Waals surface area contributed by atoms with Gasteiger partial charge in [-0.2, -0.15) is 4.98 Å².